The molecule has 16 heavy (non-hydrogen) atoms. The Labute approximate surface area is 95.8 Å². The molecule has 0 bridgehead atoms. The predicted molar refractivity (Wildman–Crippen MR) is 60.0 cm³/mol. The van der Waals surface area contributed by atoms with Gasteiger partial charge in [-0.2, -0.15) is 0 Å². The number of rotatable bonds is 4. The Morgan fingerprint density at radius 2 is 2.12 bits per heavy atom. The van der Waals surface area contributed by atoms with Gasteiger partial charge in [-0.15, -0.1) is 0 Å². The second-order valence-corrected chi connectivity index (χ2v) is 4.62. The van der Waals surface area contributed by atoms with Crippen molar-refractivity contribution in [3.05, 3.63) is 0 Å². The van der Waals surface area contributed by atoms with Gasteiger partial charge in [0.2, 0.25) is 5.91 Å². The minimum atomic E-state index is -0.802. The molecule has 0 aromatic carbocycles. The van der Waals surface area contributed by atoms with Crippen molar-refractivity contribution in [2.24, 2.45) is 17.8 Å². The van der Waals surface area contributed by atoms with Crippen LogP contribution in [0.25, 0.3) is 0 Å². The standard InChI is InChI=1S/C11H20N2O3/c1-7(4-12-3)10(14)13-5-8(2)9(6-13)11(15)16/h7-9,12H,4-6H2,1-3H3,(H,15,16). The van der Waals surface area contributed by atoms with E-state index in [9.17, 15) is 9.59 Å². The zero-order chi connectivity index (χ0) is 12.3. The van der Waals surface area contributed by atoms with Crippen LogP contribution in [0.5, 0.6) is 0 Å². The van der Waals surface area contributed by atoms with Crippen molar-refractivity contribution in [3.8, 4) is 0 Å². The molecule has 5 nitrogen and oxygen atoms in total. The summed E-state index contributed by atoms with van der Waals surface area (Å²) < 4.78 is 0. The third kappa shape index (κ3) is 2.72. The number of aliphatic carboxylic acids is 1. The van der Waals surface area contributed by atoms with Gasteiger partial charge in [0.25, 0.3) is 0 Å². The highest BCUT2D eigenvalue weighted by Gasteiger charge is 2.37. The van der Waals surface area contributed by atoms with E-state index < -0.39 is 11.9 Å². The second kappa shape index (κ2) is 5.30. The Balaban J connectivity index is 2.58. The first-order valence-electron chi connectivity index (χ1n) is 5.63. The molecule has 92 valence electrons. The first-order chi connectivity index (χ1) is 7.47. The minimum Gasteiger partial charge on any atom is -0.481 e. The number of carbonyl (C=O) groups excluding carboxylic acids is 1. The number of hydrogen-bond acceptors (Lipinski definition) is 3. The Bertz CT molecular complexity index is 280. The lowest BCUT2D eigenvalue weighted by atomic mass is 9.99. The second-order valence-electron chi connectivity index (χ2n) is 4.62. The van der Waals surface area contributed by atoms with E-state index in [0.717, 1.165) is 0 Å². The molecular formula is C11H20N2O3. The zero-order valence-corrected chi connectivity index (χ0v) is 10.1. The van der Waals surface area contributed by atoms with Crippen LogP contribution >= 0.6 is 0 Å². The Morgan fingerprint density at radius 3 is 2.56 bits per heavy atom. The molecule has 0 aliphatic carbocycles. The fourth-order valence-electron chi connectivity index (χ4n) is 2.17. The summed E-state index contributed by atoms with van der Waals surface area (Å²) in [5, 5.41) is 11.9. The van der Waals surface area contributed by atoms with Gasteiger partial charge in [0, 0.05) is 25.6 Å². The maximum absolute atomic E-state index is 11.9. The topological polar surface area (TPSA) is 69.6 Å². The van der Waals surface area contributed by atoms with Crippen LogP contribution in [-0.4, -0.2) is 48.6 Å². The summed E-state index contributed by atoms with van der Waals surface area (Å²) in [5.41, 5.74) is 0. The zero-order valence-electron chi connectivity index (χ0n) is 10.1. The summed E-state index contributed by atoms with van der Waals surface area (Å²) in [5.74, 6) is -1.22. The molecule has 1 saturated heterocycles. The number of nitrogens with zero attached hydrogens (tertiary/aromatic N) is 1. The van der Waals surface area contributed by atoms with E-state index in [-0.39, 0.29) is 17.7 Å². The largest absolute Gasteiger partial charge is 0.481 e. The van der Waals surface area contributed by atoms with Crippen molar-refractivity contribution in [1.82, 2.24) is 10.2 Å². The fourth-order valence-corrected chi connectivity index (χ4v) is 2.17. The summed E-state index contributed by atoms with van der Waals surface area (Å²) in [6.07, 6.45) is 0. The molecule has 1 fully saturated rings. The number of carboxylic acid groups (broad SMARTS) is 1. The molecule has 0 saturated carbocycles. The summed E-state index contributed by atoms with van der Waals surface area (Å²) in [7, 11) is 1.80. The SMILES string of the molecule is CNCC(C)C(=O)N1CC(C)C(C(=O)O)C1. The van der Waals surface area contributed by atoms with Gasteiger partial charge in [0.15, 0.2) is 0 Å². The number of hydrogen-bond donors (Lipinski definition) is 2. The lowest BCUT2D eigenvalue weighted by Gasteiger charge is -2.20. The summed E-state index contributed by atoms with van der Waals surface area (Å²) in [6.45, 7) is 5.28. The predicted octanol–water partition coefficient (Wildman–Crippen LogP) is 0.0210. The third-order valence-electron chi connectivity index (χ3n) is 3.17. The Morgan fingerprint density at radius 1 is 1.50 bits per heavy atom. The molecule has 1 amide bonds. The molecule has 0 aromatic heterocycles. The van der Waals surface area contributed by atoms with Crippen LogP contribution in [0.1, 0.15) is 13.8 Å². The van der Waals surface area contributed by atoms with Crippen molar-refractivity contribution >= 4 is 11.9 Å². The van der Waals surface area contributed by atoms with Gasteiger partial charge < -0.3 is 15.3 Å². The van der Waals surface area contributed by atoms with E-state index in [0.29, 0.717) is 19.6 Å². The average molecular weight is 228 g/mol. The number of carboxylic acids is 1. The lowest BCUT2D eigenvalue weighted by Crippen LogP contribution is -2.37. The van der Waals surface area contributed by atoms with E-state index in [1.165, 1.54) is 0 Å². The smallest absolute Gasteiger partial charge is 0.308 e. The molecule has 3 unspecified atom stereocenters. The highest BCUT2D eigenvalue weighted by Crippen LogP contribution is 2.24. The summed E-state index contributed by atoms with van der Waals surface area (Å²) in [6, 6.07) is 0. The quantitative estimate of drug-likeness (QED) is 0.712. The summed E-state index contributed by atoms with van der Waals surface area (Å²) in [4.78, 5) is 24.5. The minimum absolute atomic E-state index is 0.0447. The number of carbonyl (C=O) groups is 2. The van der Waals surface area contributed by atoms with E-state index in [1.54, 1.807) is 11.9 Å². The van der Waals surface area contributed by atoms with Gasteiger partial charge in [-0.25, -0.2) is 0 Å². The maximum atomic E-state index is 11.9. The summed E-state index contributed by atoms with van der Waals surface area (Å²) >= 11 is 0. The maximum Gasteiger partial charge on any atom is 0.308 e. The molecule has 1 aliphatic rings. The van der Waals surface area contributed by atoms with Crippen LogP contribution in [0, 0.1) is 17.8 Å². The molecule has 0 radical (unpaired) electrons. The Kier molecular flexibility index (Phi) is 4.29. The van der Waals surface area contributed by atoms with Crippen molar-refractivity contribution in [3.63, 3.8) is 0 Å². The molecular weight excluding hydrogens is 208 g/mol. The fraction of sp³-hybridized carbons (Fsp3) is 0.818. The third-order valence-corrected chi connectivity index (χ3v) is 3.17. The number of nitrogens with one attached hydrogen (secondary N) is 1. The van der Waals surface area contributed by atoms with Crippen LogP contribution in [0.3, 0.4) is 0 Å². The molecule has 3 atom stereocenters. The van der Waals surface area contributed by atoms with Gasteiger partial charge in [0.1, 0.15) is 0 Å². The molecule has 0 aromatic rings. The van der Waals surface area contributed by atoms with E-state index in [2.05, 4.69) is 5.32 Å². The lowest BCUT2D eigenvalue weighted by molar-refractivity contribution is -0.142. The van der Waals surface area contributed by atoms with Crippen LogP contribution in [0.2, 0.25) is 0 Å². The molecule has 1 heterocycles. The molecule has 1 rings (SSSR count). The molecule has 0 spiro atoms. The van der Waals surface area contributed by atoms with Gasteiger partial charge in [-0.1, -0.05) is 13.8 Å². The van der Waals surface area contributed by atoms with Crippen LogP contribution in [0.15, 0.2) is 0 Å². The normalized spacial score (nSPS) is 26.8. The van der Waals surface area contributed by atoms with Crippen molar-refractivity contribution < 1.29 is 14.7 Å². The van der Waals surface area contributed by atoms with Crippen molar-refractivity contribution in [2.75, 3.05) is 26.7 Å². The van der Waals surface area contributed by atoms with Crippen LogP contribution < -0.4 is 5.32 Å². The monoisotopic (exact) mass is 228 g/mol. The molecule has 5 heteroatoms. The highest BCUT2D eigenvalue weighted by molar-refractivity contribution is 5.80. The van der Waals surface area contributed by atoms with E-state index in [4.69, 9.17) is 5.11 Å². The first kappa shape index (κ1) is 13.0. The molecule has 2 N–H and O–H groups in total. The van der Waals surface area contributed by atoms with Crippen molar-refractivity contribution in [2.45, 2.75) is 13.8 Å². The van der Waals surface area contributed by atoms with Crippen molar-refractivity contribution in [1.29, 1.82) is 0 Å². The van der Waals surface area contributed by atoms with E-state index in [1.807, 2.05) is 13.8 Å². The molecule has 1 aliphatic heterocycles. The first-order valence-corrected chi connectivity index (χ1v) is 5.63. The number of amides is 1. The van der Waals surface area contributed by atoms with Gasteiger partial charge in [0.05, 0.1) is 5.92 Å². The average Bonchev–Trinajstić information content (AvgIpc) is 2.59. The van der Waals surface area contributed by atoms with E-state index >= 15 is 0 Å². The van der Waals surface area contributed by atoms with Gasteiger partial charge in [-0.3, -0.25) is 9.59 Å². The van der Waals surface area contributed by atoms with Crippen LogP contribution in [0.4, 0.5) is 0 Å². The highest BCUT2D eigenvalue weighted by atomic mass is 16.4. The Hall–Kier alpha value is -1.10. The van der Waals surface area contributed by atoms with Crippen LogP contribution in [-0.2, 0) is 9.59 Å². The number of likely N-dealkylation sites (tertiary alicyclic amines) is 1. The van der Waals surface area contributed by atoms with Gasteiger partial charge >= 0.3 is 5.97 Å². The van der Waals surface area contributed by atoms with Gasteiger partial charge in [-0.05, 0) is 13.0 Å².